The molecule has 0 bridgehead atoms. The Hall–Kier alpha value is -1.96. The summed E-state index contributed by atoms with van der Waals surface area (Å²) in [6.45, 7) is 1.94. The summed E-state index contributed by atoms with van der Waals surface area (Å²) in [7, 11) is 0. The van der Waals surface area contributed by atoms with Crippen LogP contribution in [-0.4, -0.2) is 61.7 Å². The van der Waals surface area contributed by atoms with E-state index >= 15 is 0 Å². The van der Waals surface area contributed by atoms with Gasteiger partial charge in [0.2, 0.25) is 0 Å². The van der Waals surface area contributed by atoms with Gasteiger partial charge in [0.15, 0.2) is 5.69 Å². The number of carbonyl (C=O) groups excluding carboxylic acids is 1. The van der Waals surface area contributed by atoms with Crippen LogP contribution < -0.4 is 0 Å². The molecule has 0 aliphatic heterocycles. The maximum absolute atomic E-state index is 11.8. The molecule has 94 valence electrons. The van der Waals surface area contributed by atoms with Crippen LogP contribution in [0.5, 0.6) is 0 Å². The third-order valence-corrected chi connectivity index (χ3v) is 2.09. The molecular formula is C9H14N4O4. The maximum Gasteiger partial charge on any atom is 0.325 e. The van der Waals surface area contributed by atoms with Crippen LogP contribution in [0.25, 0.3) is 0 Å². The van der Waals surface area contributed by atoms with Gasteiger partial charge in [-0.15, -0.1) is 5.10 Å². The lowest BCUT2D eigenvalue weighted by Crippen LogP contribution is -2.33. The lowest BCUT2D eigenvalue weighted by molar-refractivity contribution is -0.137. The van der Waals surface area contributed by atoms with Gasteiger partial charge in [0.25, 0.3) is 5.91 Å². The summed E-state index contributed by atoms with van der Waals surface area (Å²) in [5.41, 5.74) is 0.0709. The molecule has 0 saturated carbocycles. The predicted octanol–water partition coefficient (Wildman–Crippen LogP) is -1.18. The van der Waals surface area contributed by atoms with E-state index < -0.39 is 5.97 Å². The van der Waals surface area contributed by atoms with Crippen molar-refractivity contribution >= 4 is 11.9 Å². The molecule has 0 unspecified atom stereocenters. The highest BCUT2D eigenvalue weighted by Gasteiger charge is 2.17. The zero-order valence-electron chi connectivity index (χ0n) is 9.41. The van der Waals surface area contributed by atoms with Crippen molar-refractivity contribution in [3.8, 4) is 0 Å². The van der Waals surface area contributed by atoms with Crippen LogP contribution in [0.4, 0.5) is 0 Å². The summed E-state index contributed by atoms with van der Waals surface area (Å²) in [5, 5.41) is 24.4. The average molecular weight is 242 g/mol. The van der Waals surface area contributed by atoms with Crippen LogP contribution in [0.2, 0.25) is 0 Å². The molecule has 1 aromatic heterocycles. The van der Waals surface area contributed by atoms with Gasteiger partial charge in [-0.1, -0.05) is 5.21 Å². The van der Waals surface area contributed by atoms with E-state index in [1.807, 2.05) is 0 Å². The summed E-state index contributed by atoms with van der Waals surface area (Å²) < 4.78 is 1.07. The van der Waals surface area contributed by atoms with Crippen LogP contribution in [-0.2, 0) is 11.3 Å². The average Bonchev–Trinajstić information content (AvgIpc) is 2.72. The number of carboxylic acids is 1. The zero-order valence-corrected chi connectivity index (χ0v) is 9.41. The molecule has 8 nitrogen and oxygen atoms in total. The van der Waals surface area contributed by atoms with Crippen molar-refractivity contribution in [1.29, 1.82) is 0 Å². The first kappa shape index (κ1) is 13.1. The number of likely N-dealkylation sites (N-methyl/N-ethyl adjacent to an activating group) is 1. The minimum atomic E-state index is -1.06. The van der Waals surface area contributed by atoms with E-state index in [1.54, 1.807) is 6.92 Å². The number of hydrogen-bond donors (Lipinski definition) is 2. The molecule has 0 aliphatic rings. The minimum absolute atomic E-state index is 0.0709. The number of aliphatic carboxylic acids is 1. The first-order valence-corrected chi connectivity index (χ1v) is 5.10. The van der Waals surface area contributed by atoms with Gasteiger partial charge < -0.3 is 15.1 Å². The number of aromatic nitrogens is 3. The molecule has 0 spiro atoms. The van der Waals surface area contributed by atoms with Crippen molar-refractivity contribution in [3.05, 3.63) is 11.9 Å². The largest absolute Gasteiger partial charge is 0.480 e. The highest BCUT2D eigenvalue weighted by molar-refractivity contribution is 5.91. The third kappa shape index (κ3) is 3.52. The number of nitrogens with zero attached hydrogens (tertiary/aromatic N) is 4. The second-order valence-corrected chi connectivity index (χ2v) is 3.30. The van der Waals surface area contributed by atoms with Crippen molar-refractivity contribution in [3.63, 3.8) is 0 Å². The number of rotatable bonds is 6. The summed E-state index contributed by atoms with van der Waals surface area (Å²) in [6, 6.07) is 0. The van der Waals surface area contributed by atoms with Gasteiger partial charge in [0, 0.05) is 13.1 Å². The smallest absolute Gasteiger partial charge is 0.325 e. The summed E-state index contributed by atoms with van der Waals surface area (Å²) in [4.78, 5) is 23.6. The Morgan fingerprint density at radius 1 is 1.53 bits per heavy atom. The lowest BCUT2D eigenvalue weighted by Gasteiger charge is -2.17. The number of carboxylic acid groups (broad SMARTS) is 1. The Morgan fingerprint density at radius 2 is 2.24 bits per heavy atom. The van der Waals surface area contributed by atoms with Crippen molar-refractivity contribution in [2.24, 2.45) is 0 Å². The van der Waals surface area contributed by atoms with Crippen LogP contribution in [0, 0.1) is 0 Å². The van der Waals surface area contributed by atoms with Crippen LogP contribution in [0.15, 0.2) is 6.20 Å². The Labute approximate surface area is 97.5 Å². The molecule has 0 saturated heterocycles. The van der Waals surface area contributed by atoms with E-state index in [2.05, 4.69) is 10.3 Å². The highest BCUT2D eigenvalue weighted by atomic mass is 16.4. The molecular weight excluding hydrogens is 228 g/mol. The van der Waals surface area contributed by atoms with Crippen molar-refractivity contribution in [1.82, 2.24) is 19.9 Å². The fourth-order valence-electron chi connectivity index (χ4n) is 1.30. The Balaban J connectivity index is 2.74. The molecule has 1 amide bonds. The number of aliphatic hydroxyl groups is 1. The Kier molecular flexibility index (Phi) is 4.58. The van der Waals surface area contributed by atoms with Crippen molar-refractivity contribution < 1.29 is 19.8 Å². The standard InChI is InChI=1S/C9H14N4O4/c1-2-12(3-4-14)9(17)7-5-13(11-10-7)6-8(15)16/h5,14H,2-4,6H2,1H3,(H,15,16). The highest BCUT2D eigenvalue weighted by Crippen LogP contribution is 2.00. The summed E-state index contributed by atoms with van der Waals surface area (Å²) in [6.07, 6.45) is 1.27. The number of hydrogen-bond acceptors (Lipinski definition) is 5. The normalized spacial score (nSPS) is 10.2. The monoisotopic (exact) mass is 242 g/mol. The van der Waals surface area contributed by atoms with Gasteiger partial charge in [0.1, 0.15) is 6.54 Å². The van der Waals surface area contributed by atoms with E-state index in [1.165, 1.54) is 11.1 Å². The van der Waals surface area contributed by atoms with Gasteiger partial charge in [-0.3, -0.25) is 9.59 Å². The molecule has 2 N–H and O–H groups in total. The van der Waals surface area contributed by atoms with Gasteiger partial charge >= 0.3 is 5.97 Å². The van der Waals surface area contributed by atoms with Crippen molar-refractivity contribution in [2.75, 3.05) is 19.7 Å². The molecule has 8 heteroatoms. The quantitative estimate of drug-likeness (QED) is 0.649. The van der Waals surface area contributed by atoms with E-state index in [-0.39, 0.29) is 31.3 Å². The molecule has 1 rings (SSSR count). The fraction of sp³-hybridized carbons (Fsp3) is 0.556. The fourth-order valence-corrected chi connectivity index (χ4v) is 1.30. The minimum Gasteiger partial charge on any atom is -0.480 e. The SMILES string of the molecule is CCN(CCO)C(=O)c1cn(CC(=O)O)nn1. The van der Waals surface area contributed by atoms with Crippen LogP contribution in [0.1, 0.15) is 17.4 Å². The second kappa shape index (κ2) is 5.94. The van der Waals surface area contributed by atoms with Crippen LogP contribution >= 0.6 is 0 Å². The van der Waals surface area contributed by atoms with Crippen LogP contribution in [0.3, 0.4) is 0 Å². The third-order valence-electron chi connectivity index (χ3n) is 2.09. The zero-order chi connectivity index (χ0) is 12.8. The summed E-state index contributed by atoms with van der Waals surface area (Å²) >= 11 is 0. The second-order valence-electron chi connectivity index (χ2n) is 3.30. The van der Waals surface area contributed by atoms with Crippen molar-refractivity contribution in [2.45, 2.75) is 13.5 Å². The molecule has 0 fully saturated rings. The van der Waals surface area contributed by atoms with Gasteiger partial charge in [0.05, 0.1) is 12.8 Å². The molecule has 0 atom stereocenters. The predicted molar refractivity (Wildman–Crippen MR) is 56.3 cm³/mol. The number of carbonyl (C=O) groups is 2. The molecule has 0 radical (unpaired) electrons. The number of aliphatic hydroxyl groups excluding tert-OH is 1. The van der Waals surface area contributed by atoms with E-state index in [4.69, 9.17) is 10.2 Å². The lowest BCUT2D eigenvalue weighted by atomic mass is 10.3. The molecule has 0 aromatic carbocycles. The van der Waals surface area contributed by atoms with E-state index in [0.29, 0.717) is 6.54 Å². The number of amides is 1. The summed E-state index contributed by atoms with van der Waals surface area (Å²) in [5.74, 6) is -1.44. The Bertz CT molecular complexity index is 403. The first-order valence-electron chi connectivity index (χ1n) is 5.10. The first-order chi connectivity index (χ1) is 8.08. The van der Waals surface area contributed by atoms with Gasteiger partial charge in [-0.2, -0.15) is 0 Å². The van der Waals surface area contributed by atoms with E-state index in [9.17, 15) is 9.59 Å². The molecule has 17 heavy (non-hydrogen) atoms. The van der Waals surface area contributed by atoms with Gasteiger partial charge in [-0.05, 0) is 6.92 Å². The maximum atomic E-state index is 11.8. The van der Waals surface area contributed by atoms with Gasteiger partial charge in [-0.25, -0.2) is 4.68 Å². The Morgan fingerprint density at radius 3 is 2.76 bits per heavy atom. The molecule has 1 heterocycles. The molecule has 1 aromatic rings. The van der Waals surface area contributed by atoms with E-state index in [0.717, 1.165) is 4.68 Å². The molecule has 0 aliphatic carbocycles. The topological polar surface area (TPSA) is 109 Å².